The Morgan fingerprint density at radius 1 is 1.38 bits per heavy atom. The van der Waals surface area contributed by atoms with Crippen LogP contribution in [-0.2, 0) is 9.59 Å². The van der Waals surface area contributed by atoms with Gasteiger partial charge < -0.3 is 15.4 Å². The molecule has 1 aliphatic heterocycles. The van der Waals surface area contributed by atoms with Crippen LogP contribution in [0.3, 0.4) is 0 Å². The van der Waals surface area contributed by atoms with Gasteiger partial charge in [-0.1, -0.05) is 18.6 Å². The highest BCUT2D eigenvalue weighted by molar-refractivity contribution is 5.82. The van der Waals surface area contributed by atoms with Crippen LogP contribution in [0.25, 0.3) is 0 Å². The molecule has 2 N–H and O–H groups in total. The summed E-state index contributed by atoms with van der Waals surface area (Å²) in [6, 6.07) is 5.78. The van der Waals surface area contributed by atoms with Crippen molar-refractivity contribution in [1.29, 1.82) is 0 Å². The molecule has 24 heavy (non-hydrogen) atoms. The predicted molar refractivity (Wildman–Crippen MR) is 87.9 cm³/mol. The fraction of sp³-hybridized carbons (Fsp3) is 0.529. The van der Waals surface area contributed by atoms with Crippen molar-refractivity contribution in [2.24, 2.45) is 5.73 Å². The van der Waals surface area contributed by atoms with E-state index in [1.54, 1.807) is 25.2 Å². The molecule has 0 bridgehead atoms. The van der Waals surface area contributed by atoms with Gasteiger partial charge in [0.1, 0.15) is 6.61 Å². The molecule has 0 aliphatic carbocycles. The molecule has 1 aromatic carbocycles. The molecule has 1 saturated heterocycles. The van der Waals surface area contributed by atoms with Gasteiger partial charge in [-0.15, -0.1) is 0 Å². The maximum Gasteiger partial charge on any atom is 0.236 e. The summed E-state index contributed by atoms with van der Waals surface area (Å²) in [6.45, 7) is 1.38. The number of likely N-dealkylation sites (N-methyl/N-ethyl adjacent to an activating group) is 1. The first-order valence-corrected chi connectivity index (χ1v) is 8.13. The summed E-state index contributed by atoms with van der Waals surface area (Å²) >= 11 is 0. The lowest BCUT2D eigenvalue weighted by molar-refractivity contribution is -0.134. The number of piperidine rings is 1. The number of amides is 2. The van der Waals surface area contributed by atoms with E-state index >= 15 is 0 Å². The van der Waals surface area contributed by atoms with Gasteiger partial charge in [-0.3, -0.25) is 14.5 Å². The van der Waals surface area contributed by atoms with E-state index in [9.17, 15) is 14.0 Å². The molecule has 132 valence electrons. The highest BCUT2D eigenvalue weighted by Crippen LogP contribution is 2.17. The molecule has 7 heteroatoms. The van der Waals surface area contributed by atoms with Gasteiger partial charge in [0.25, 0.3) is 0 Å². The number of rotatable bonds is 7. The van der Waals surface area contributed by atoms with E-state index in [4.69, 9.17) is 10.5 Å². The van der Waals surface area contributed by atoms with Crippen LogP contribution in [0, 0.1) is 5.82 Å². The van der Waals surface area contributed by atoms with Gasteiger partial charge in [0.2, 0.25) is 11.8 Å². The van der Waals surface area contributed by atoms with E-state index in [-0.39, 0.29) is 36.8 Å². The van der Waals surface area contributed by atoms with Crippen LogP contribution in [0.4, 0.5) is 4.39 Å². The quantitative estimate of drug-likeness (QED) is 0.805. The average molecular weight is 337 g/mol. The van der Waals surface area contributed by atoms with Gasteiger partial charge in [-0.2, -0.15) is 0 Å². The van der Waals surface area contributed by atoms with Gasteiger partial charge in [-0.05, 0) is 31.5 Å². The van der Waals surface area contributed by atoms with Gasteiger partial charge in [0.15, 0.2) is 11.6 Å². The number of primary amides is 1. The largest absolute Gasteiger partial charge is 0.489 e. The number of ether oxygens (including phenoxy) is 1. The minimum Gasteiger partial charge on any atom is -0.489 e. The summed E-state index contributed by atoms with van der Waals surface area (Å²) in [6.07, 6.45) is 2.60. The number of nitrogens with two attached hydrogens (primary N) is 1. The Kier molecular flexibility index (Phi) is 6.54. The molecule has 0 saturated carbocycles. The number of likely N-dealkylation sites (tertiary alicyclic amines) is 1. The number of carbonyl (C=O) groups is 2. The van der Waals surface area contributed by atoms with Crippen molar-refractivity contribution in [3.8, 4) is 5.75 Å². The van der Waals surface area contributed by atoms with Crippen molar-refractivity contribution in [3.05, 3.63) is 30.1 Å². The molecular formula is C17H24FN3O3. The number of benzene rings is 1. The molecule has 1 atom stereocenters. The second-order valence-corrected chi connectivity index (χ2v) is 5.98. The molecule has 0 radical (unpaired) electrons. The standard InChI is InChI=1S/C17H24FN3O3/c1-20(10-11-24-15-8-3-2-6-13(15)18)16(22)12-21-9-5-4-7-14(21)17(19)23/h2-3,6,8,14H,4-5,7,9-12H2,1H3,(H2,19,23). The third-order valence-electron chi connectivity index (χ3n) is 4.23. The van der Waals surface area contributed by atoms with E-state index in [2.05, 4.69) is 0 Å². The Hall–Kier alpha value is -2.15. The lowest BCUT2D eigenvalue weighted by atomic mass is 10.0. The minimum atomic E-state index is -0.427. The number of hydrogen-bond acceptors (Lipinski definition) is 4. The summed E-state index contributed by atoms with van der Waals surface area (Å²) in [5.41, 5.74) is 5.41. The molecule has 2 rings (SSSR count). The van der Waals surface area contributed by atoms with E-state index < -0.39 is 5.82 Å². The Morgan fingerprint density at radius 3 is 2.83 bits per heavy atom. The van der Waals surface area contributed by atoms with Crippen LogP contribution in [-0.4, -0.2) is 60.9 Å². The van der Waals surface area contributed by atoms with Gasteiger partial charge in [0, 0.05) is 7.05 Å². The fourth-order valence-corrected chi connectivity index (χ4v) is 2.78. The van der Waals surface area contributed by atoms with E-state index in [1.807, 2.05) is 4.90 Å². The first kappa shape index (κ1) is 18.2. The molecule has 1 unspecified atom stereocenters. The minimum absolute atomic E-state index is 0.111. The van der Waals surface area contributed by atoms with Gasteiger partial charge in [0.05, 0.1) is 19.1 Å². The topological polar surface area (TPSA) is 75.9 Å². The zero-order valence-electron chi connectivity index (χ0n) is 13.9. The Balaban J connectivity index is 1.79. The van der Waals surface area contributed by atoms with E-state index in [0.717, 1.165) is 12.8 Å². The number of carbonyl (C=O) groups excluding carboxylic acids is 2. The van der Waals surface area contributed by atoms with E-state index in [1.165, 1.54) is 11.0 Å². The van der Waals surface area contributed by atoms with Crippen molar-refractivity contribution in [2.75, 3.05) is 33.3 Å². The zero-order chi connectivity index (χ0) is 17.5. The molecule has 0 aromatic heterocycles. The van der Waals surface area contributed by atoms with Crippen LogP contribution in [0.5, 0.6) is 5.75 Å². The molecule has 1 heterocycles. The van der Waals surface area contributed by atoms with Crippen LogP contribution in [0.2, 0.25) is 0 Å². The molecule has 6 nitrogen and oxygen atoms in total. The van der Waals surface area contributed by atoms with Crippen molar-refractivity contribution in [1.82, 2.24) is 9.80 Å². The summed E-state index contributed by atoms with van der Waals surface area (Å²) < 4.78 is 18.8. The SMILES string of the molecule is CN(CCOc1ccccc1F)C(=O)CN1CCCCC1C(N)=O. The van der Waals surface area contributed by atoms with Crippen molar-refractivity contribution in [2.45, 2.75) is 25.3 Å². The maximum absolute atomic E-state index is 13.4. The van der Waals surface area contributed by atoms with Gasteiger partial charge in [-0.25, -0.2) is 4.39 Å². The summed E-state index contributed by atoms with van der Waals surface area (Å²) in [7, 11) is 1.66. The summed E-state index contributed by atoms with van der Waals surface area (Å²) in [5.74, 6) is -0.749. The van der Waals surface area contributed by atoms with Crippen LogP contribution >= 0.6 is 0 Å². The third-order valence-corrected chi connectivity index (χ3v) is 4.23. The fourth-order valence-electron chi connectivity index (χ4n) is 2.78. The molecular weight excluding hydrogens is 313 g/mol. The second kappa shape index (κ2) is 8.63. The molecule has 1 aliphatic rings. The Labute approximate surface area is 141 Å². The highest BCUT2D eigenvalue weighted by Gasteiger charge is 2.28. The molecule has 2 amide bonds. The lowest BCUT2D eigenvalue weighted by Gasteiger charge is -2.34. The molecule has 0 spiro atoms. The van der Waals surface area contributed by atoms with Crippen molar-refractivity contribution < 1.29 is 18.7 Å². The normalized spacial score (nSPS) is 18.2. The van der Waals surface area contributed by atoms with E-state index in [0.29, 0.717) is 19.5 Å². The number of halogens is 1. The first-order chi connectivity index (χ1) is 11.5. The molecule has 1 fully saturated rings. The second-order valence-electron chi connectivity index (χ2n) is 5.98. The molecule has 1 aromatic rings. The number of para-hydroxylation sites is 1. The lowest BCUT2D eigenvalue weighted by Crippen LogP contribution is -2.51. The van der Waals surface area contributed by atoms with Crippen LogP contribution in [0.1, 0.15) is 19.3 Å². The predicted octanol–water partition coefficient (Wildman–Crippen LogP) is 1.00. The summed E-state index contributed by atoms with van der Waals surface area (Å²) in [4.78, 5) is 27.1. The van der Waals surface area contributed by atoms with Crippen molar-refractivity contribution >= 4 is 11.8 Å². The highest BCUT2D eigenvalue weighted by atomic mass is 19.1. The van der Waals surface area contributed by atoms with Crippen LogP contribution in [0.15, 0.2) is 24.3 Å². The number of nitrogens with zero attached hydrogens (tertiary/aromatic N) is 2. The monoisotopic (exact) mass is 337 g/mol. The smallest absolute Gasteiger partial charge is 0.236 e. The van der Waals surface area contributed by atoms with Crippen molar-refractivity contribution in [3.63, 3.8) is 0 Å². The first-order valence-electron chi connectivity index (χ1n) is 8.13. The Bertz CT molecular complexity index is 582. The van der Waals surface area contributed by atoms with Crippen LogP contribution < -0.4 is 10.5 Å². The zero-order valence-corrected chi connectivity index (χ0v) is 13.9. The maximum atomic E-state index is 13.4. The average Bonchev–Trinajstić information content (AvgIpc) is 2.56. The summed E-state index contributed by atoms with van der Waals surface area (Å²) in [5, 5.41) is 0. The Morgan fingerprint density at radius 2 is 2.12 bits per heavy atom. The number of hydrogen-bond donors (Lipinski definition) is 1. The third kappa shape index (κ3) is 4.92. The van der Waals surface area contributed by atoms with Gasteiger partial charge >= 0.3 is 0 Å².